The highest BCUT2D eigenvalue weighted by Crippen LogP contribution is 2.12. The van der Waals surface area contributed by atoms with Gasteiger partial charge in [0.15, 0.2) is 0 Å². The van der Waals surface area contributed by atoms with Gasteiger partial charge in [0.2, 0.25) is 0 Å². The first-order valence-electron chi connectivity index (χ1n) is 6.10. The summed E-state index contributed by atoms with van der Waals surface area (Å²) in [6.45, 7) is 1.66. The van der Waals surface area contributed by atoms with Gasteiger partial charge in [0.05, 0.1) is 6.10 Å². The van der Waals surface area contributed by atoms with Crippen molar-refractivity contribution >= 4 is 22.0 Å². The number of aliphatic hydroxyl groups excluding tert-OH is 1. The van der Waals surface area contributed by atoms with E-state index in [0.717, 1.165) is 29.4 Å². The van der Waals surface area contributed by atoms with Crippen molar-refractivity contribution in [2.45, 2.75) is 25.5 Å². The SMILES string of the molecule is O=C(NCc1cccc(Br)c1)N1CCCC(O)C1. The first-order chi connectivity index (χ1) is 8.65. The topological polar surface area (TPSA) is 52.6 Å². The van der Waals surface area contributed by atoms with Crippen LogP contribution in [0.5, 0.6) is 0 Å². The van der Waals surface area contributed by atoms with Crippen LogP contribution in [0.4, 0.5) is 4.79 Å². The zero-order valence-electron chi connectivity index (χ0n) is 10.1. The Labute approximate surface area is 115 Å². The zero-order chi connectivity index (χ0) is 13.0. The van der Waals surface area contributed by atoms with Crippen molar-refractivity contribution < 1.29 is 9.90 Å². The van der Waals surface area contributed by atoms with Crippen LogP contribution in [0.15, 0.2) is 28.7 Å². The van der Waals surface area contributed by atoms with Gasteiger partial charge in [0.1, 0.15) is 0 Å². The van der Waals surface area contributed by atoms with E-state index in [4.69, 9.17) is 0 Å². The summed E-state index contributed by atoms with van der Waals surface area (Å²) in [5.74, 6) is 0. The van der Waals surface area contributed by atoms with Gasteiger partial charge in [0, 0.05) is 24.1 Å². The summed E-state index contributed by atoms with van der Waals surface area (Å²) in [6, 6.07) is 7.73. The molecular formula is C13H17BrN2O2. The van der Waals surface area contributed by atoms with Gasteiger partial charge in [0.25, 0.3) is 0 Å². The van der Waals surface area contributed by atoms with Gasteiger partial charge in [-0.1, -0.05) is 28.1 Å². The fourth-order valence-corrected chi connectivity index (χ4v) is 2.52. The standard InChI is InChI=1S/C13H17BrN2O2/c14-11-4-1-3-10(7-11)8-15-13(18)16-6-2-5-12(17)9-16/h1,3-4,7,12,17H,2,5-6,8-9H2,(H,15,18). The van der Waals surface area contributed by atoms with Crippen LogP contribution in [0.3, 0.4) is 0 Å². The summed E-state index contributed by atoms with van der Waals surface area (Å²) < 4.78 is 1.00. The molecule has 5 heteroatoms. The summed E-state index contributed by atoms with van der Waals surface area (Å²) in [6.07, 6.45) is 1.27. The Balaban J connectivity index is 1.84. The van der Waals surface area contributed by atoms with Crippen LogP contribution in [0.2, 0.25) is 0 Å². The summed E-state index contributed by atoms with van der Waals surface area (Å²) in [5.41, 5.74) is 1.05. The lowest BCUT2D eigenvalue weighted by Gasteiger charge is -2.30. The number of hydrogen-bond donors (Lipinski definition) is 2. The number of hydrogen-bond acceptors (Lipinski definition) is 2. The maximum absolute atomic E-state index is 11.9. The van der Waals surface area contributed by atoms with Crippen molar-refractivity contribution in [1.29, 1.82) is 0 Å². The number of nitrogens with zero attached hydrogens (tertiary/aromatic N) is 1. The predicted molar refractivity (Wildman–Crippen MR) is 73.2 cm³/mol. The van der Waals surface area contributed by atoms with Crippen molar-refractivity contribution in [3.05, 3.63) is 34.3 Å². The average molecular weight is 313 g/mol. The van der Waals surface area contributed by atoms with Gasteiger partial charge >= 0.3 is 6.03 Å². The number of piperidine rings is 1. The molecule has 1 aliphatic heterocycles. The Morgan fingerprint density at radius 3 is 3.11 bits per heavy atom. The molecule has 2 amide bonds. The minimum atomic E-state index is -0.379. The van der Waals surface area contributed by atoms with E-state index in [2.05, 4.69) is 21.2 Å². The molecule has 1 aromatic carbocycles. The highest BCUT2D eigenvalue weighted by Gasteiger charge is 2.21. The molecule has 1 heterocycles. The maximum atomic E-state index is 11.9. The quantitative estimate of drug-likeness (QED) is 0.879. The third-order valence-corrected chi connectivity index (χ3v) is 3.51. The van der Waals surface area contributed by atoms with Crippen molar-refractivity contribution in [2.24, 2.45) is 0 Å². The third kappa shape index (κ3) is 3.71. The first kappa shape index (κ1) is 13.4. The minimum absolute atomic E-state index is 0.103. The van der Waals surface area contributed by atoms with Gasteiger partial charge in [-0.25, -0.2) is 4.79 Å². The number of urea groups is 1. The molecular weight excluding hydrogens is 296 g/mol. The highest BCUT2D eigenvalue weighted by molar-refractivity contribution is 9.10. The van der Waals surface area contributed by atoms with Crippen molar-refractivity contribution in [2.75, 3.05) is 13.1 Å². The number of halogens is 1. The Morgan fingerprint density at radius 2 is 2.39 bits per heavy atom. The van der Waals surface area contributed by atoms with E-state index in [1.165, 1.54) is 0 Å². The number of rotatable bonds is 2. The second-order valence-corrected chi connectivity index (χ2v) is 5.45. The van der Waals surface area contributed by atoms with E-state index in [0.29, 0.717) is 13.1 Å². The molecule has 0 aliphatic carbocycles. The molecule has 2 N–H and O–H groups in total. The summed E-state index contributed by atoms with van der Waals surface area (Å²) in [5, 5.41) is 12.4. The molecule has 0 saturated carbocycles. The largest absolute Gasteiger partial charge is 0.391 e. The second kappa shape index (κ2) is 6.20. The van der Waals surface area contributed by atoms with Gasteiger partial charge in [-0.3, -0.25) is 0 Å². The molecule has 1 unspecified atom stereocenters. The Bertz CT molecular complexity index is 425. The number of likely N-dealkylation sites (tertiary alicyclic amines) is 1. The Kier molecular flexibility index (Phi) is 4.60. The van der Waals surface area contributed by atoms with Crippen molar-refractivity contribution in [3.8, 4) is 0 Å². The zero-order valence-corrected chi connectivity index (χ0v) is 11.7. The number of β-amino-alcohol motifs (C(OH)–C–C–N with tert-alkyl or cyclic N) is 1. The van der Waals surface area contributed by atoms with Gasteiger partial charge in [-0.2, -0.15) is 0 Å². The lowest BCUT2D eigenvalue weighted by molar-refractivity contribution is 0.0842. The molecule has 4 nitrogen and oxygen atoms in total. The fourth-order valence-electron chi connectivity index (χ4n) is 2.08. The van der Waals surface area contributed by atoms with E-state index in [1.807, 2.05) is 24.3 Å². The van der Waals surface area contributed by atoms with Crippen LogP contribution in [0, 0.1) is 0 Å². The summed E-state index contributed by atoms with van der Waals surface area (Å²) in [7, 11) is 0. The molecule has 1 saturated heterocycles. The molecule has 0 radical (unpaired) electrons. The fraction of sp³-hybridized carbons (Fsp3) is 0.462. The molecule has 0 aromatic heterocycles. The number of carbonyl (C=O) groups excluding carboxylic acids is 1. The third-order valence-electron chi connectivity index (χ3n) is 3.02. The molecule has 0 bridgehead atoms. The van der Waals surface area contributed by atoms with Crippen LogP contribution in [-0.2, 0) is 6.54 Å². The highest BCUT2D eigenvalue weighted by atomic mass is 79.9. The van der Waals surface area contributed by atoms with E-state index in [9.17, 15) is 9.90 Å². The van der Waals surface area contributed by atoms with E-state index >= 15 is 0 Å². The van der Waals surface area contributed by atoms with Gasteiger partial charge < -0.3 is 15.3 Å². The lowest BCUT2D eigenvalue weighted by atomic mass is 10.1. The molecule has 1 atom stereocenters. The van der Waals surface area contributed by atoms with Gasteiger partial charge in [-0.15, -0.1) is 0 Å². The van der Waals surface area contributed by atoms with Crippen molar-refractivity contribution in [1.82, 2.24) is 10.2 Å². The lowest BCUT2D eigenvalue weighted by Crippen LogP contribution is -2.46. The minimum Gasteiger partial charge on any atom is -0.391 e. The number of amides is 2. The smallest absolute Gasteiger partial charge is 0.317 e. The van der Waals surface area contributed by atoms with E-state index in [-0.39, 0.29) is 12.1 Å². The number of aliphatic hydroxyl groups is 1. The monoisotopic (exact) mass is 312 g/mol. The molecule has 1 aromatic rings. The molecule has 2 rings (SSSR count). The molecule has 0 spiro atoms. The van der Waals surface area contributed by atoms with Crippen LogP contribution in [0.25, 0.3) is 0 Å². The van der Waals surface area contributed by atoms with Crippen LogP contribution in [-0.4, -0.2) is 35.2 Å². The normalized spacial score (nSPS) is 19.7. The molecule has 1 aliphatic rings. The number of nitrogens with one attached hydrogen (secondary N) is 1. The van der Waals surface area contributed by atoms with Gasteiger partial charge in [-0.05, 0) is 30.5 Å². The summed E-state index contributed by atoms with van der Waals surface area (Å²) in [4.78, 5) is 13.6. The Morgan fingerprint density at radius 1 is 1.56 bits per heavy atom. The van der Waals surface area contributed by atoms with Crippen molar-refractivity contribution in [3.63, 3.8) is 0 Å². The molecule has 1 fully saturated rings. The van der Waals surface area contributed by atoms with Crippen LogP contribution < -0.4 is 5.32 Å². The predicted octanol–water partition coefficient (Wildman–Crippen LogP) is 2.12. The first-order valence-corrected chi connectivity index (χ1v) is 6.90. The molecule has 98 valence electrons. The second-order valence-electron chi connectivity index (χ2n) is 4.53. The number of carbonyl (C=O) groups is 1. The number of benzene rings is 1. The van der Waals surface area contributed by atoms with E-state index < -0.39 is 0 Å². The maximum Gasteiger partial charge on any atom is 0.317 e. The van der Waals surface area contributed by atoms with Crippen LogP contribution in [0.1, 0.15) is 18.4 Å². The average Bonchev–Trinajstić information content (AvgIpc) is 2.36. The summed E-state index contributed by atoms with van der Waals surface area (Å²) >= 11 is 3.40. The van der Waals surface area contributed by atoms with E-state index in [1.54, 1.807) is 4.90 Å². The van der Waals surface area contributed by atoms with Crippen LogP contribution >= 0.6 is 15.9 Å². The Hall–Kier alpha value is -1.07. The molecule has 18 heavy (non-hydrogen) atoms.